The van der Waals surface area contributed by atoms with Crippen molar-refractivity contribution in [2.24, 2.45) is 0 Å². The Bertz CT molecular complexity index is 538. The Morgan fingerprint density at radius 1 is 1.18 bits per heavy atom. The van der Waals surface area contributed by atoms with Crippen molar-refractivity contribution in [2.45, 2.75) is 102 Å². The average Bonchev–Trinajstić information content (AvgIpc) is 2.52. The number of amides is 1. The molecule has 0 aromatic carbocycles. The van der Waals surface area contributed by atoms with E-state index in [-0.39, 0.29) is 24.2 Å². The van der Waals surface area contributed by atoms with Crippen LogP contribution in [0.2, 0.25) is 5.04 Å². The zero-order valence-electron chi connectivity index (χ0n) is 18.6. The molecule has 0 aromatic heterocycles. The van der Waals surface area contributed by atoms with E-state index in [4.69, 9.17) is 13.9 Å². The second kappa shape index (κ2) is 9.71. The molecule has 0 aromatic rings. The highest BCUT2D eigenvalue weighted by molar-refractivity contribution is 6.31. The maximum Gasteiger partial charge on any atom is 0.408 e. The first-order valence-electron chi connectivity index (χ1n) is 9.89. The number of nitrogens with one attached hydrogen (secondary N) is 1. The maximum atomic E-state index is 12.2. The Hall–Kier alpha value is -0.933. The van der Waals surface area contributed by atoms with Crippen LogP contribution in [0.5, 0.6) is 0 Å². The minimum Gasteiger partial charge on any atom is -0.444 e. The van der Waals surface area contributed by atoms with E-state index in [0.717, 1.165) is 0 Å². The number of alkyl carbamates (subject to hydrolysis) is 1. The second-order valence-electron chi connectivity index (χ2n) is 10.2. The molecule has 0 saturated heterocycles. The van der Waals surface area contributed by atoms with Crippen molar-refractivity contribution in [3.63, 3.8) is 0 Å². The van der Waals surface area contributed by atoms with E-state index in [0.29, 0.717) is 0 Å². The van der Waals surface area contributed by atoms with Gasteiger partial charge in [-0.1, -0.05) is 32.9 Å². The van der Waals surface area contributed by atoms with Gasteiger partial charge in [0.15, 0.2) is 9.76 Å². The summed E-state index contributed by atoms with van der Waals surface area (Å²) in [6.45, 7) is 15.5. The SMILES string of the molecule is CC(C)(C)OC(=O)N[C@@H]1C=C[C@@H](C(C)(C)O[SiH2]C(C)(C)C)O[C@@H]1CC(O)CO. The van der Waals surface area contributed by atoms with Gasteiger partial charge < -0.3 is 29.4 Å². The van der Waals surface area contributed by atoms with Gasteiger partial charge in [0.1, 0.15) is 11.7 Å². The van der Waals surface area contributed by atoms with E-state index in [1.165, 1.54) is 0 Å². The summed E-state index contributed by atoms with van der Waals surface area (Å²) >= 11 is 0. The van der Waals surface area contributed by atoms with Crippen molar-refractivity contribution in [3.05, 3.63) is 12.2 Å². The molecule has 7 nitrogen and oxygen atoms in total. The van der Waals surface area contributed by atoms with E-state index in [2.05, 4.69) is 26.1 Å². The van der Waals surface area contributed by atoms with Crippen LogP contribution in [-0.2, 0) is 13.9 Å². The number of aliphatic hydroxyl groups is 2. The third-order valence-electron chi connectivity index (χ3n) is 4.18. The van der Waals surface area contributed by atoms with E-state index in [1.54, 1.807) is 20.8 Å². The molecular weight excluding hydrogens is 378 g/mol. The molecule has 1 rings (SSSR count). The molecule has 1 heterocycles. The standard InChI is InChI=1S/C20H39NO6Si/c1-18(2,3)26-17(24)21-14-9-10-16(25-15(14)11-13(23)12-22)20(7,8)27-28-19(4,5)6/h9-10,13-16,22-23H,11-12,28H2,1-8H3,(H,21,24)/t13?,14-,15-,16+/m1/s1. The predicted octanol–water partition coefficient (Wildman–Crippen LogP) is 2.04. The molecule has 1 unspecified atom stereocenters. The lowest BCUT2D eigenvalue weighted by molar-refractivity contribution is -0.108. The summed E-state index contributed by atoms with van der Waals surface area (Å²) in [6.07, 6.45) is 1.61. The van der Waals surface area contributed by atoms with Crippen molar-refractivity contribution in [1.29, 1.82) is 0 Å². The molecule has 28 heavy (non-hydrogen) atoms. The third-order valence-corrected chi connectivity index (χ3v) is 5.93. The fraction of sp³-hybridized carbons (Fsp3) is 0.850. The first kappa shape index (κ1) is 25.1. The minimum absolute atomic E-state index is 0.156. The number of carbonyl (C=O) groups excluding carboxylic acids is 1. The molecule has 0 spiro atoms. The van der Waals surface area contributed by atoms with Crippen molar-refractivity contribution in [3.8, 4) is 0 Å². The third kappa shape index (κ3) is 9.04. The van der Waals surface area contributed by atoms with Crippen molar-refractivity contribution in [2.75, 3.05) is 6.61 Å². The molecule has 1 amide bonds. The number of hydrogen-bond acceptors (Lipinski definition) is 6. The molecule has 3 N–H and O–H groups in total. The Labute approximate surface area is 171 Å². The largest absolute Gasteiger partial charge is 0.444 e. The van der Waals surface area contributed by atoms with Gasteiger partial charge in [0, 0.05) is 6.42 Å². The summed E-state index contributed by atoms with van der Waals surface area (Å²) in [6, 6.07) is -0.469. The smallest absolute Gasteiger partial charge is 0.408 e. The first-order chi connectivity index (χ1) is 12.6. The lowest BCUT2D eigenvalue weighted by Crippen LogP contribution is -2.53. The molecule has 8 heteroatoms. The molecular formula is C20H39NO6Si. The van der Waals surface area contributed by atoms with Crippen molar-refractivity contribution < 1.29 is 28.9 Å². The zero-order chi connectivity index (χ0) is 21.8. The van der Waals surface area contributed by atoms with Crippen LogP contribution < -0.4 is 5.32 Å². The summed E-state index contributed by atoms with van der Waals surface area (Å²) in [5.74, 6) is 0. The van der Waals surface area contributed by atoms with Crippen molar-refractivity contribution >= 4 is 15.9 Å². The normalized spacial score (nSPS) is 25.1. The highest BCUT2D eigenvalue weighted by Crippen LogP contribution is 2.30. The van der Waals surface area contributed by atoms with Gasteiger partial charge in [-0.15, -0.1) is 0 Å². The Morgan fingerprint density at radius 3 is 2.29 bits per heavy atom. The van der Waals surface area contributed by atoms with Gasteiger partial charge in [0.25, 0.3) is 0 Å². The van der Waals surface area contributed by atoms with E-state index < -0.39 is 45.3 Å². The fourth-order valence-electron chi connectivity index (χ4n) is 2.67. The van der Waals surface area contributed by atoms with E-state index >= 15 is 0 Å². The highest BCUT2D eigenvalue weighted by Gasteiger charge is 2.38. The fourth-order valence-corrected chi connectivity index (χ4v) is 3.64. The molecule has 164 valence electrons. The maximum absolute atomic E-state index is 12.2. The topological polar surface area (TPSA) is 97.3 Å². The van der Waals surface area contributed by atoms with Crippen molar-refractivity contribution in [1.82, 2.24) is 5.32 Å². The molecule has 1 aliphatic rings. The van der Waals surface area contributed by atoms with Gasteiger partial charge in [0.2, 0.25) is 0 Å². The average molecular weight is 418 g/mol. The van der Waals surface area contributed by atoms with Crippen LogP contribution in [0.4, 0.5) is 4.79 Å². The molecule has 0 radical (unpaired) electrons. The lowest BCUT2D eigenvalue weighted by atomic mass is 9.94. The van der Waals surface area contributed by atoms with Gasteiger partial charge in [-0.2, -0.15) is 0 Å². The molecule has 0 saturated carbocycles. The van der Waals surface area contributed by atoms with Crippen LogP contribution in [0.1, 0.15) is 61.8 Å². The number of rotatable bonds is 7. The molecule has 0 fully saturated rings. The predicted molar refractivity (Wildman–Crippen MR) is 112 cm³/mol. The van der Waals surface area contributed by atoms with E-state index in [1.807, 2.05) is 26.0 Å². The van der Waals surface area contributed by atoms with Gasteiger partial charge >= 0.3 is 6.09 Å². The molecule has 0 aliphatic carbocycles. The second-order valence-corrected chi connectivity index (χ2v) is 12.9. The number of aliphatic hydroxyl groups excluding tert-OH is 2. The summed E-state index contributed by atoms with van der Waals surface area (Å²) in [7, 11) is -0.786. The Kier molecular flexibility index (Phi) is 8.71. The quantitative estimate of drug-likeness (QED) is 0.433. The number of carbonyl (C=O) groups is 1. The van der Waals surface area contributed by atoms with Crippen LogP contribution in [0, 0.1) is 0 Å². The minimum atomic E-state index is -0.937. The summed E-state index contributed by atoms with van der Waals surface area (Å²) in [4.78, 5) is 12.2. The Balaban J connectivity index is 2.90. The summed E-state index contributed by atoms with van der Waals surface area (Å²) in [5, 5.41) is 22.1. The van der Waals surface area contributed by atoms with Crippen LogP contribution >= 0.6 is 0 Å². The molecule has 4 atom stereocenters. The van der Waals surface area contributed by atoms with E-state index in [9.17, 15) is 15.0 Å². The Morgan fingerprint density at radius 2 is 1.79 bits per heavy atom. The van der Waals surface area contributed by atoms with Crippen LogP contribution in [0.25, 0.3) is 0 Å². The molecule has 1 aliphatic heterocycles. The first-order valence-corrected chi connectivity index (χ1v) is 11.2. The molecule has 0 bridgehead atoms. The van der Waals surface area contributed by atoms with Gasteiger partial charge in [-0.25, -0.2) is 4.79 Å². The van der Waals surface area contributed by atoms with Crippen LogP contribution in [0.15, 0.2) is 12.2 Å². The van der Waals surface area contributed by atoms with Gasteiger partial charge in [-0.3, -0.25) is 0 Å². The highest BCUT2D eigenvalue weighted by atomic mass is 28.2. The van der Waals surface area contributed by atoms with Gasteiger partial charge in [-0.05, 0) is 39.7 Å². The zero-order valence-corrected chi connectivity index (χ0v) is 20.0. The summed E-state index contributed by atoms with van der Waals surface area (Å²) in [5.41, 5.74) is -1.14. The summed E-state index contributed by atoms with van der Waals surface area (Å²) < 4.78 is 17.8. The van der Waals surface area contributed by atoms with Crippen LogP contribution in [-0.4, -0.2) is 68.2 Å². The number of hydrogen-bond donors (Lipinski definition) is 3. The lowest BCUT2D eigenvalue weighted by Gasteiger charge is -2.41. The monoisotopic (exact) mass is 417 g/mol. The van der Waals surface area contributed by atoms with Gasteiger partial charge in [0.05, 0.1) is 30.5 Å². The number of ether oxygens (including phenoxy) is 2. The van der Waals surface area contributed by atoms with Crippen LogP contribution in [0.3, 0.4) is 0 Å².